The number of benzene rings is 3. The van der Waals surface area contributed by atoms with E-state index in [2.05, 4.69) is 0 Å². The smallest absolute Gasteiger partial charge is 0.343 e. The van der Waals surface area contributed by atoms with Gasteiger partial charge in [-0.25, -0.2) is 17.6 Å². The minimum Gasteiger partial charge on any atom is -0.497 e. The molecule has 0 bridgehead atoms. The van der Waals surface area contributed by atoms with E-state index in [1.165, 1.54) is 42.3 Å². The lowest BCUT2D eigenvalue weighted by molar-refractivity contribution is 0.253. The zero-order valence-corrected chi connectivity index (χ0v) is 16.3. The molecule has 0 atom stereocenters. The fraction of sp³-hybridized carbons (Fsp3) is 0.0952. The molecule has 0 radical (unpaired) electrons. The highest BCUT2D eigenvalue weighted by Gasteiger charge is 2.42. The van der Waals surface area contributed by atoms with Crippen LogP contribution < -0.4 is 13.9 Å². The van der Waals surface area contributed by atoms with Gasteiger partial charge in [-0.05, 0) is 42.0 Å². The molecule has 6 nitrogen and oxygen atoms in total. The van der Waals surface area contributed by atoms with E-state index in [1.54, 1.807) is 42.5 Å². The predicted molar refractivity (Wildman–Crippen MR) is 107 cm³/mol. The van der Waals surface area contributed by atoms with Gasteiger partial charge in [0.2, 0.25) is 0 Å². The van der Waals surface area contributed by atoms with Gasteiger partial charge in [0.05, 0.1) is 25.0 Å². The van der Waals surface area contributed by atoms with Gasteiger partial charge in [0, 0.05) is 6.07 Å². The maximum atomic E-state index is 13.3. The molecular formula is C21H17FN2O4S. The average Bonchev–Trinajstić information content (AvgIpc) is 2.72. The third-order valence-corrected chi connectivity index (χ3v) is 6.37. The average molecular weight is 412 g/mol. The number of anilines is 2. The van der Waals surface area contributed by atoms with Gasteiger partial charge in [-0.15, -0.1) is 0 Å². The zero-order chi connectivity index (χ0) is 20.6. The Morgan fingerprint density at radius 2 is 1.69 bits per heavy atom. The molecule has 148 valence electrons. The largest absolute Gasteiger partial charge is 0.497 e. The van der Waals surface area contributed by atoms with Gasteiger partial charge in [0.1, 0.15) is 16.5 Å². The van der Waals surface area contributed by atoms with E-state index in [4.69, 9.17) is 4.74 Å². The lowest BCUT2D eigenvalue weighted by Crippen LogP contribution is -2.50. The Morgan fingerprint density at radius 1 is 0.966 bits per heavy atom. The quantitative estimate of drug-likeness (QED) is 0.645. The Bertz CT molecular complexity index is 1180. The van der Waals surface area contributed by atoms with E-state index in [1.807, 2.05) is 0 Å². The van der Waals surface area contributed by atoms with Crippen molar-refractivity contribution in [3.63, 3.8) is 0 Å². The second-order valence-corrected chi connectivity index (χ2v) is 8.19. The number of fused-ring (bicyclic) bond motifs is 1. The highest BCUT2D eigenvalue weighted by Crippen LogP contribution is 2.38. The maximum absolute atomic E-state index is 13.3. The molecular weight excluding hydrogens is 395 g/mol. The number of ether oxygens (including phenoxy) is 1. The first kappa shape index (κ1) is 18.9. The second kappa shape index (κ2) is 7.21. The number of sulfonamides is 1. The number of para-hydroxylation sites is 1. The van der Waals surface area contributed by atoms with Gasteiger partial charge in [-0.1, -0.05) is 30.3 Å². The standard InChI is InChI=1S/C21H17FN2O4S/c1-28-18-6-4-5-17(13-18)24-21(25)23(14-15-9-11-16(22)12-10-15)19-7-2-3-8-20(19)29(24,26)27/h2-13H,14H2,1H3. The summed E-state index contributed by atoms with van der Waals surface area (Å²) in [7, 11) is -2.66. The van der Waals surface area contributed by atoms with Crippen LogP contribution in [-0.4, -0.2) is 21.6 Å². The summed E-state index contributed by atoms with van der Waals surface area (Å²) < 4.78 is 45.7. The molecule has 0 saturated heterocycles. The minimum absolute atomic E-state index is 0.0181. The fourth-order valence-corrected chi connectivity index (χ4v) is 4.81. The van der Waals surface area contributed by atoms with Crippen molar-refractivity contribution in [3.8, 4) is 5.75 Å². The van der Waals surface area contributed by atoms with Gasteiger partial charge in [0.15, 0.2) is 0 Å². The number of carbonyl (C=O) groups is 1. The molecule has 0 fully saturated rings. The Labute approximate surface area is 167 Å². The molecule has 1 heterocycles. The van der Waals surface area contributed by atoms with Gasteiger partial charge in [-0.3, -0.25) is 4.90 Å². The first-order valence-electron chi connectivity index (χ1n) is 8.76. The maximum Gasteiger partial charge on any atom is 0.343 e. The highest BCUT2D eigenvalue weighted by molar-refractivity contribution is 7.94. The molecule has 0 unspecified atom stereocenters. The Morgan fingerprint density at radius 3 is 2.41 bits per heavy atom. The van der Waals surface area contributed by atoms with E-state index in [-0.39, 0.29) is 28.6 Å². The number of carbonyl (C=O) groups excluding carboxylic acids is 1. The van der Waals surface area contributed by atoms with E-state index in [0.717, 1.165) is 4.31 Å². The summed E-state index contributed by atoms with van der Waals surface area (Å²) in [6.07, 6.45) is 0. The summed E-state index contributed by atoms with van der Waals surface area (Å²) >= 11 is 0. The number of rotatable bonds is 4. The summed E-state index contributed by atoms with van der Waals surface area (Å²) in [5, 5.41) is 0. The van der Waals surface area contributed by atoms with Crippen molar-refractivity contribution in [1.29, 1.82) is 0 Å². The summed E-state index contributed by atoms with van der Waals surface area (Å²) in [5.74, 6) is 0.0362. The topological polar surface area (TPSA) is 66.9 Å². The van der Waals surface area contributed by atoms with Crippen LogP contribution in [0.1, 0.15) is 5.56 Å². The molecule has 8 heteroatoms. The number of urea groups is 1. The lowest BCUT2D eigenvalue weighted by atomic mass is 10.2. The van der Waals surface area contributed by atoms with Crippen molar-refractivity contribution in [2.75, 3.05) is 16.3 Å². The Kier molecular flexibility index (Phi) is 4.71. The molecule has 3 aromatic carbocycles. The monoisotopic (exact) mass is 412 g/mol. The lowest BCUT2D eigenvalue weighted by Gasteiger charge is -2.36. The number of nitrogens with zero attached hydrogens (tertiary/aromatic N) is 2. The first-order valence-corrected chi connectivity index (χ1v) is 10.2. The predicted octanol–water partition coefficient (Wildman–Crippen LogP) is 4.17. The third kappa shape index (κ3) is 3.31. The number of hydrogen-bond acceptors (Lipinski definition) is 4. The number of hydrogen-bond donors (Lipinski definition) is 0. The van der Waals surface area contributed by atoms with E-state index in [9.17, 15) is 17.6 Å². The molecule has 0 aliphatic carbocycles. The van der Waals surface area contributed by atoms with Crippen molar-refractivity contribution in [1.82, 2.24) is 0 Å². The van der Waals surface area contributed by atoms with E-state index in [0.29, 0.717) is 11.3 Å². The Hall–Kier alpha value is -3.39. The van der Waals surface area contributed by atoms with Crippen molar-refractivity contribution in [3.05, 3.63) is 84.2 Å². The van der Waals surface area contributed by atoms with Gasteiger partial charge in [-0.2, -0.15) is 4.31 Å². The van der Waals surface area contributed by atoms with Crippen LogP contribution in [0.15, 0.2) is 77.7 Å². The van der Waals surface area contributed by atoms with E-state index < -0.39 is 16.1 Å². The van der Waals surface area contributed by atoms with Crippen LogP contribution >= 0.6 is 0 Å². The van der Waals surface area contributed by atoms with Crippen LogP contribution in [0.2, 0.25) is 0 Å². The van der Waals surface area contributed by atoms with E-state index >= 15 is 0 Å². The summed E-state index contributed by atoms with van der Waals surface area (Å²) in [5.41, 5.74) is 1.12. The normalized spacial score (nSPS) is 15.2. The van der Waals surface area contributed by atoms with Crippen molar-refractivity contribution < 1.29 is 22.3 Å². The molecule has 3 aromatic rings. The highest BCUT2D eigenvalue weighted by atomic mass is 32.2. The van der Waals surface area contributed by atoms with Gasteiger partial charge in [0.25, 0.3) is 10.0 Å². The molecule has 1 aliphatic heterocycles. The molecule has 29 heavy (non-hydrogen) atoms. The molecule has 2 amide bonds. The van der Waals surface area contributed by atoms with Crippen LogP contribution in [0.3, 0.4) is 0 Å². The summed E-state index contributed by atoms with van der Waals surface area (Å²) in [6, 6.07) is 17.6. The summed E-state index contributed by atoms with van der Waals surface area (Å²) in [4.78, 5) is 14.7. The molecule has 0 aromatic heterocycles. The molecule has 0 saturated carbocycles. The SMILES string of the molecule is COc1cccc(N2C(=O)N(Cc3ccc(F)cc3)c3ccccc3S2(=O)=O)c1. The van der Waals surface area contributed by atoms with Crippen LogP contribution in [0.5, 0.6) is 5.75 Å². The number of amides is 2. The molecule has 0 spiro atoms. The Balaban J connectivity index is 1.85. The van der Waals surface area contributed by atoms with Crippen LogP contribution in [0.25, 0.3) is 0 Å². The second-order valence-electron chi connectivity index (χ2n) is 6.43. The van der Waals surface area contributed by atoms with Crippen LogP contribution in [0, 0.1) is 5.82 Å². The van der Waals surface area contributed by atoms with Crippen LogP contribution in [0.4, 0.5) is 20.6 Å². The van der Waals surface area contributed by atoms with Crippen LogP contribution in [-0.2, 0) is 16.6 Å². The molecule has 4 rings (SSSR count). The van der Waals surface area contributed by atoms with Gasteiger partial charge < -0.3 is 4.74 Å². The van der Waals surface area contributed by atoms with Crippen molar-refractivity contribution in [2.45, 2.75) is 11.4 Å². The molecule has 0 N–H and O–H groups in total. The number of methoxy groups -OCH3 is 1. The number of halogens is 1. The minimum atomic E-state index is -4.12. The molecule has 1 aliphatic rings. The van der Waals surface area contributed by atoms with Crippen molar-refractivity contribution in [2.24, 2.45) is 0 Å². The first-order chi connectivity index (χ1) is 13.9. The van der Waals surface area contributed by atoms with Crippen molar-refractivity contribution >= 4 is 27.4 Å². The zero-order valence-electron chi connectivity index (χ0n) is 15.4. The third-order valence-electron chi connectivity index (χ3n) is 4.62. The van der Waals surface area contributed by atoms with Gasteiger partial charge >= 0.3 is 6.03 Å². The summed E-state index contributed by atoms with van der Waals surface area (Å²) in [6.45, 7) is 0.0894. The fourth-order valence-electron chi connectivity index (χ4n) is 3.22.